The molecule has 0 saturated carbocycles. The molecule has 0 radical (unpaired) electrons. The minimum Gasteiger partial charge on any atom is -0.451 e. The quantitative estimate of drug-likeness (QED) is 0.604. The first-order chi connectivity index (χ1) is 11.3. The summed E-state index contributed by atoms with van der Waals surface area (Å²) in [5.41, 5.74) is 6.25. The van der Waals surface area contributed by atoms with Gasteiger partial charge in [-0.3, -0.25) is 4.79 Å². The molecule has 0 aliphatic heterocycles. The Balaban J connectivity index is 1.99. The van der Waals surface area contributed by atoms with Crippen LogP contribution in [0, 0.1) is 0 Å². The molecule has 0 aliphatic carbocycles. The molecule has 24 heavy (non-hydrogen) atoms. The molecular formula is C14H12Cl3N3O3S. The topological polar surface area (TPSA) is 85.5 Å². The molecule has 2 rings (SSSR count). The van der Waals surface area contributed by atoms with E-state index in [0.29, 0.717) is 6.54 Å². The van der Waals surface area contributed by atoms with Crippen molar-refractivity contribution in [2.45, 2.75) is 6.54 Å². The predicted molar refractivity (Wildman–Crippen MR) is 94.8 cm³/mol. The number of carbonyl (C=O) groups excluding carboxylic acids is 2. The van der Waals surface area contributed by atoms with Gasteiger partial charge in [0.2, 0.25) is 0 Å². The van der Waals surface area contributed by atoms with E-state index in [0.717, 1.165) is 5.56 Å². The van der Waals surface area contributed by atoms with Crippen LogP contribution in [0.25, 0.3) is 0 Å². The number of esters is 1. The van der Waals surface area contributed by atoms with Crippen LogP contribution in [-0.2, 0) is 16.1 Å². The van der Waals surface area contributed by atoms with Crippen molar-refractivity contribution in [2.24, 2.45) is 0 Å². The third-order valence-electron chi connectivity index (χ3n) is 3.02. The maximum atomic E-state index is 12.0. The van der Waals surface area contributed by atoms with Crippen LogP contribution < -0.4 is 5.73 Å². The van der Waals surface area contributed by atoms with Gasteiger partial charge < -0.3 is 15.4 Å². The van der Waals surface area contributed by atoms with E-state index in [4.69, 9.17) is 45.3 Å². The summed E-state index contributed by atoms with van der Waals surface area (Å²) in [6.07, 6.45) is 0. The van der Waals surface area contributed by atoms with Crippen LogP contribution in [-0.4, -0.2) is 35.4 Å². The largest absolute Gasteiger partial charge is 0.451 e. The molecule has 6 nitrogen and oxygen atoms in total. The number of hydrogen-bond acceptors (Lipinski definition) is 6. The van der Waals surface area contributed by atoms with E-state index in [1.807, 2.05) is 16.8 Å². The van der Waals surface area contributed by atoms with E-state index in [1.165, 1.54) is 16.2 Å². The van der Waals surface area contributed by atoms with Gasteiger partial charge in [0.05, 0.1) is 10.7 Å². The van der Waals surface area contributed by atoms with Crippen molar-refractivity contribution in [1.29, 1.82) is 0 Å². The Morgan fingerprint density at radius 1 is 1.33 bits per heavy atom. The minimum absolute atomic E-state index is 0.0511. The second-order valence-corrected chi connectivity index (χ2v) is 6.64. The molecule has 0 saturated heterocycles. The van der Waals surface area contributed by atoms with Crippen LogP contribution in [0.4, 0.5) is 5.69 Å². The number of carbonyl (C=O) groups is 2. The Morgan fingerprint density at radius 3 is 2.67 bits per heavy atom. The molecule has 2 heterocycles. The lowest BCUT2D eigenvalue weighted by Crippen LogP contribution is -2.30. The molecule has 0 spiro atoms. The Hall–Kier alpha value is -1.54. The van der Waals surface area contributed by atoms with E-state index >= 15 is 0 Å². The Bertz CT molecular complexity index is 768. The van der Waals surface area contributed by atoms with E-state index in [1.54, 1.807) is 7.05 Å². The third kappa shape index (κ3) is 4.30. The zero-order valence-electron chi connectivity index (χ0n) is 12.4. The van der Waals surface area contributed by atoms with E-state index < -0.39 is 12.6 Å². The predicted octanol–water partition coefficient (Wildman–Crippen LogP) is 3.50. The van der Waals surface area contributed by atoms with Crippen molar-refractivity contribution in [3.05, 3.63) is 43.3 Å². The van der Waals surface area contributed by atoms with Crippen molar-refractivity contribution in [3.63, 3.8) is 0 Å². The second kappa shape index (κ2) is 8.02. The maximum absolute atomic E-state index is 12.0. The molecule has 2 N–H and O–H groups in total. The lowest BCUT2D eigenvalue weighted by molar-refractivity contribution is -0.133. The van der Waals surface area contributed by atoms with Crippen LogP contribution in [0.2, 0.25) is 15.2 Å². The SMILES string of the molecule is CN(Cc1ccsc1)C(=O)COC(=O)c1nc(Cl)c(Cl)c(N)c1Cl. The highest BCUT2D eigenvalue weighted by molar-refractivity contribution is 7.07. The summed E-state index contributed by atoms with van der Waals surface area (Å²) >= 11 is 19.0. The van der Waals surface area contributed by atoms with Gasteiger partial charge in [-0.1, -0.05) is 34.8 Å². The van der Waals surface area contributed by atoms with Crippen LogP contribution >= 0.6 is 46.1 Å². The smallest absolute Gasteiger partial charge is 0.359 e. The van der Waals surface area contributed by atoms with Crippen LogP contribution in [0.15, 0.2) is 16.8 Å². The summed E-state index contributed by atoms with van der Waals surface area (Å²) in [6.45, 7) is -0.0454. The van der Waals surface area contributed by atoms with E-state index in [2.05, 4.69) is 4.98 Å². The van der Waals surface area contributed by atoms with Crippen LogP contribution in [0.5, 0.6) is 0 Å². The first-order valence-corrected chi connectivity index (χ1v) is 8.61. The molecule has 0 unspecified atom stereocenters. The number of nitrogens with two attached hydrogens (primary N) is 1. The number of nitrogens with zero attached hydrogens (tertiary/aromatic N) is 2. The molecule has 128 valence electrons. The fourth-order valence-corrected chi connectivity index (χ4v) is 2.96. The number of thiophene rings is 1. The number of halogens is 3. The van der Waals surface area contributed by atoms with Gasteiger partial charge in [-0.2, -0.15) is 11.3 Å². The highest BCUT2D eigenvalue weighted by atomic mass is 35.5. The number of likely N-dealkylation sites (N-methyl/N-ethyl adjacent to an activating group) is 1. The average Bonchev–Trinajstić information content (AvgIpc) is 3.06. The molecule has 2 aromatic rings. The third-order valence-corrected chi connectivity index (χ3v) is 4.89. The lowest BCUT2D eigenvalue weighted by atomic mass is 10.3. The molecule has 0 fully saturated rings. The summed E-state index contributed by atoms with van der Waals surface area (Å²) in [4.78, 5) is 29.2. The number of anilines is 1. The Morgan fingerprint density at radius 2 is 2.04 bits per heavy atom. The summed E-state index contributed by atoms with van der Waals surface area (Å²) in [6, 6.07) is 1.91. The minimum atomic E-state index is -0.914. The summed E-state index contributed by atoms with van der Waals surface area (Å²) in [7, 11) is 1.61. The maximum Gasteiger partial charge on any atom is 0.359 e. The van der Waals surface area contributed by atoms with E-state index in [-0.39, 0.29) is 32.5 Å². The molecule has 1 amide bonds. The van der Waals surface area contributed by atoms with Crippen molar-refractivity contribution >= 4 is 63.7 Å². The van der Waals surface area contributed by atoms with Gasteiger partial charge in [0, 0.05) is 13.6 Å². The fraction of sp³-hybridized carbons (Fsp3) is 0.214. The average molecular weight is 409 g/mol. The van der Waals surface area contributed by atoms with Gasteiger partial charge in [-0.25, -0.2) is 9.78 Å². The van der Waals surface area contributed by atoms with Gasteiger partial charge in [-0.05, 0) is 22.4 Å². The first kappa shape index (κ1) is 18.8. The molecule has 10 heteroatoms. The van der Waals surface area contributed by atoms with Crippen molar-refractivity contribution in [2.75, 3.05) is 19.4 Å². The van der Waals surface area contributed by atoms with Gasteiger partial charge in [0.1, 0.15) is 5.02 Å². The van der Waals surface area contributed by atoms with Gasteiger partial charge in [-0.15, -0.1) is 0 Å². The molecule has 0 bridgehead atoms. The zero-order chi connectivity index (χ0) is 17.9. The first-order valence-electron chi connectivity index (χ1n) is 6.53. The molecule has 2 aromatic heterocycles. The standard InChI is InChI=1S/C14H12Cl3N3O3S/c1-20(4-7-2-3-24-6-7)8(21)5-23-14(22)12-9(15)11(18)10(16)13(17)19-12/h2-3,6H,4-5H2,1H3,(H2,18,19). The summed E-state index contributed by atoms with van der Waals surface area (Å²) < 4.78 is 4.93. The highest BCUT2D eigenvalue weighted by Gasteiger charge is 2.22. The summed E-state index contributed by atoms with van der Waals surface area (Å²) in [5, 5.41) is 3.44. The van der Waals surface area contributed by atoms with Crippen molar-refractivity contribution < 1.29 is 14.3 Å². The normalized spacial score (nSPS) is 10.5. The van der Waals surface area contributed by atoms with Gasteiger partial charge >= 0.3 is 5.97 Å². The Labute approximate surface area is 157 Å². The molecule has 0 aromatic carbocycles. The zero-order valence-corrected chi connectivity index (χ0v) is 15.5. The Kier molecular flexibility index (Phi) is 6.28. The number of ether oxygens (including phenoxy) is 1. The highest BCUT2D eigenvalue weighted by Crippen LogP contribution is 2.34. The van der Waals surface area contributed by atoms with E-state index in [9.17, 15) is 9.59 Å². The van der Waals surface area contributed by atoms with Crippen molar-refractivity contribution in [1.82, 2.24) is 9.88 Å². The molecule has 0 aliphatic rings. The van der Waals surface area contributed by atoms with Crippen molar-refractivity contribution in [3.8, 4) is 0 Å². The fourth-order valence-electron chi connectivity index (χ4n) is 1.72. The number of nitrogen functional groups attached to an aromatic ring is 1. The second-order valence-electron chi connectivity index (χ2n) is 4.75. The van der Waals surface area contributed by atoms with Crippen LogP contribution in [0.1, 0.15) is 16.1 Å². The monoisotopic (exact) mass is 407 g/mol. The number of pyridine rings is 1. The summed E-state index contributed by atoms with van der Waals surface area (Å²) in [5.74, 6) is -1.29. The molecule has 0 atom stereocenters. The van der Waals surface area contributed by atoms with Gasteiger partial charge in [0.15, 0.2) is 17.5 Å². The molecular weight excluding hydrogens is 397 g/mol. The number of aromatic nitrogens is 1. The number of hydrogen-bond donors (Lipinski definition) is 1. The van der Waals surface area contributed by atoms with Crippen LogP contribution in [0.3, 0.4) is 0 Å². The van der Waals surface area contributed by atoms with Gasteiger partial charge in [0.25, 0.3) is 5.91 Å². The number of rotatable bonds is 5. The number of amides is 1. The lowest BCUT2D eigenvalue weighted by Gasteiger charge is -2.16.